The predicted molar refractivity (Wildman–Crippen MR) is 75.4 cm³/mol. The van der Waals surface area contributed by atoms with Crippen molar-refractivity contribution < 1.29 is 4.79 Å². The van der Waals surface area contributed by atoms with Gasteiger partial charge in [-0.1, -0.05) is 30.3 Å². The third-order valence-corrected chi connectivity index (χ3v) is 3.40. The van der Waals surface area contributed by atoms with Crippen molar-refractivity contribution >= 4 is 38.9 Å². The Morgan fingerprint density at radius 3 is 2.56 bits per heavy atom. The van der Waals surface area contributed by atoms with Gasteiger partial charge in [0, 0.05) is 10.0 Å². The van der Waals surface area contributed by atoms with Crippen molar-refractivity contribution in [2.45, 2.75) is 0 Å². The largest absolute Gasteiger partial charge is 0.320 e. The summed E-state index contributed by atoms with van der Waals surface area (Å²) in [4.78, 5) is 16.3. The van der Waals surface area contributed by atoms with Crippen LogP contribution in [0, 0.1) is 0 Å². The number of hydrogen-bond donors (Lipinski definition) is 1. The summed E-state index contributed by atoms with van der Waals surface area (Å²) in [5, 5.41) is 2.80. The fraction of sp³-hybridized carbons (Fsp3) is 0. The Labute approximate surface area is 113 Å². The molecule has 0 aromatic heterocycles. The highest BCUT2D eigenvalue weighted by atomic mass is 79.9. The molecule has 0 aliphatic carbocycles. The highest BCUT2D eigenvalue weighted by Crippen LogP contribution is 2.29. The van der Waals surface area contributed by atoms with Gasteiger partial charge in [0.15, 0.2) is 0 Å². The summed E-state index contributed by atoms with van der Waals surface area (Å²) in [6.07, 6.45) is 0. The number of aliphatic imine (C=N–C) groups is 1. The zero-order chi connectivity index (χ0) is 12.5. The van der Waals surface area contributed by atoms with Crippen LogP contribution in [0.3, 0.4) is 0 Å². The number of rotatable bonds is 1. The normalized spacial score (nSPS) is 15.6. The lowest BCUT2D eigenvalue weighted by molar-refractivity contribution is -0.110. The van der Waals surface area contributed by atoms with Gasteiger partial charge in [-0.25, -0.2) is 4.99 Å². The van der Waals surface area contributed by atoms with Crippen molar-refractivity contribution in [2.75, 3.05) is 5.32 Å². The number of fused-ring (bicyclic) bond motifs is 1. The van der Waals surface area contributed by atoms with Crippen LogP contribution in [0.15, 0.2) is 58.0 Å². The van der Waals surface area contributed by atoms with Gasteiger partial charge in [0.1, 0.15) is 5.71 Å². The molecule has 0 saturated carbocycles. The Kier molecular flexibility index (Phi) is 2.72. The number of anilines is 1. The minimum atomic E-state index is -0.160. The van der Waals surface area contributed by atoms with Crippen LogP contribution in [0.25, 0.3) is 0 Å². The molecule has 0 spiro atoms. The van der Waals surface area contributed by atoms with Crippen molar-refractivity contribution in [3.05, 3.63) is 58.6 Å². The molecule has 2 aromatic carbocycles. The zero-order valence-corrected chi connectivity index (χ0v) is 10.9. The topological polar surface area (TPSA) is 41.5 Å². The molecule has 3 nitrogen and oxygen atoms in total. The number of amides is 1. The van der Waals surface area contributed by atoms with E-state index in [1.54, 1.807) is 0 Å². The van der Waals surface area contributed by atoms with E-state index >= 15 is 0 Å². The van der Waals surface area contributed by atoms with Crippen LogP contribution in [0.4, 0.5) is 11.4 Å². The van der Waals surface area contributed by atoms with Gasteiger partial charge < -0.3 is 5.32 Å². The lowest BCUT2D eigenvalue weighted by atomic mass is 10.1. The summed E-state index contributed by atoms with van der Waals surface area (Å²) in [5.74, 6) is -0.160. The molecule has 0 bridgehead atoms. The average Bonchev–Trinajstić information content (AvgIpc) is 2.69. The smallest absolute Gasteiger partial charge is 0.275 e. The zero-order valence-electron chi connectivity index (χ0n) is 9.35. The molecule has 1 amide bonds. The standard InChI is InChI=1S/C14H9BrN2O/c15-10-6-2-4-8-12(10)16-13-9-5-1-3-7-11(9)17-14(13)18/h1-8H,(H,16,17,18). The second kappa shape index (κ2) is 4.38. The molecule has 1 aliphatic rings. The number of benzene rings is 2. The molecule has 0 saturated heterocycles. The van der Waals surface area contributed by atoms with Crippen molar-refractivity contribution in [1.29, 1.82) is 0 Å². The first-order chi connectivity index (χ1) is 8.75. The second-order valence-corrected chi connectivity index (χ2v) is 4.77. The second-order valence-electron chi connectivity index (χ2n) is 3.91. The van der Waals surface area contributed by atoms with Crippen LogP contribution < -0.4 is 5.32 Å². The van der Waals surface area contributed by atoms with Crippen LogP contribution in [0.5, 0.6) is 0 Å². The minimum absolute atomic E-state index is 0.160. The number of para-hydroxylation sites is 2. The van der Waals surface area contributed by atoms with E-state index in [2.05, 4.69) is 26.2 Å². The van der Waals surface area contributed by atoms with Crippen LogP contribution in [-0.4, -0.2) is 11.6 Å². The average molecular weight is 301 g/mol. The molecule has 0 unspecified atom stereocenters. The molecule has 0 atom stereocenters. The van der Waals surface area contributed by atoms with Gasteiger partial charge in [0.2, 0.25) is 0 Å². The fourth-order valence-electron chi connectivity index (χ4n) is 1.88. The maximum Gasteiger partial charge on any atom is 0.275 e. The number of hydrogen-bond acceptors (Lipinski definition) is 2. The summed E-state index contributed by atoms with van der Waals surface area (Å²) in [5.41, 5.74) is 2.86. The van der Waals surface area contributed by atoms with Crippen molar-refractivity contribution in [1.82, 2.24) is 0 Å². The van der Waals surface area contributed by atoms with Crippen LogP contribution in [0.2, 0.25) is 0 Å². The van der Waals surface area contributed by atoms with Gasteiger partial charge in [-0.3, -0.25) is 4.79 Å². The van der Waals surface area contributed by atoms with Gasteiger partial charge in [-0.15, -0.1) is 0 Å². The first-order valence-electron chi connectivity index (χ1n) is 5.50. The molecule has 88 valence electrons. The molecule has 1 aliphatic heterocycles. The molecule has 2 aromatic rings. The number of nitrogens with zero attached hydrogens (tertiary/aromatic N) is 1. The lowest BCUT2D eigenvalue weighted by Gasteiger charge is -1.99. The van der Waals surface area contributed by atoms with Crippen molar-refractivity contribution in [2.24, 2.45) is 4.99 Å². The molecular weight excluding hydrogens is 292 g/mol. The van der Waals surface area contributed by atoms with Gasteiger partial charge in [0.05, 0.1) is 11.4 Å². The predicted octanol–water partition coefficient (Wildman–Crippen LogP) is 3.52. The Morgan fingerprint density at radius 1 is 1.00 bits per heavy atom. The third-order valence-electron chi connectivity index (χ3n) is 2.73. The summed E-state index contributed by atoms with van der Waals surface area (Å²) >= 11 is 3.42. The Hall–Kier alpha value is -1.94. The molecule has 0 radical (unpaired) electrons. The number of carbonyl (C=O) groups excluding carboxylic acids is 1. The first-order valence-corrected chi connectivity index (χ1v) is 6.29. The first kappa shape index (κ1) is 11.2. The summed E-state index contributed by atoms with van der Waals surface area (Å²) in [6.45, 7) is 0. The van der Waals surface area contributed by atoms with Gasteiger partial charge in [-0.2, -0.15) is 0 Å². The summed E-state index contributed by atoms with van der Waals surface area (Å²) in [7, 11) is 0. The number of halogens is 1. The molecule has 4 heteroatoms. The monoisotopic (exact) mass is 300 g/mol. The minimum Gasteiger partial charge on any atom is -0.320 e. The third kappa shape index (κ3) is 1.84. The molecule has 18 heavy (non-hydrogen) atoms. The van der Waals surface area contributed by atoms with Gasteiger partial charge in [-0.05, 0) is 34.1 Å². The van der Waals surface area contributed by atoms with E-state index < -0.39 is 0 Å². The Balaban J connectivity index is 2.13. The van der Waals surface area contributed by atoms with Gasteiger partial charge in [0.25, 0.3) is 5.91 Å². The van der Waals surface area contributed by atoms with E-state index in [9.17, 15) is 4.79 Å². The Bertz CT molecular complexity index is 664. The lowest BCUT2D eigenvalue weighted by Crippen LogP contribution is -2.13. The molecule has 1 N–H and O–H groups in total. The summed E-state index contributed by atoms with van der Waals surface area (Å²) < 4.78 is 0.870. The number of carbonyl (C=O) groups is 1. The molecule has 3 rings (SSSR count). The SMILES string of the molecule is O=C1Nc2ccccc2C1=Nc1ccccc1Br. The van der Waals surface area contributed by atoms with E-state index in [-0.39, 0.29) is 5.91 Å². The van der Waals surface area contributed by atoms with E-state index in [0.29, 0.717) is 5.71 Å². The van der Waals surface area contributed by atoms with E-state index in [1.165, 1.54) is 0 Å². The van der Waals surface area contributed by atoms with E-state index in [1.807, 2.05) is 48.5 Å². The van der Waals surface area contributed by atoms with Crippen molar-refractivity contribution in [3.8, 4) is 0 Å². The molecule has 0 fully saturated rings. The van der Waals surface area contributed by atoms with E-state index in [0.717, 1.165) is 21.4 Å². The quantitative estimate of drug-likeness (QED) is 0.860. The maximum atomic E-state index is 11.9. The maximum absolute atomic E-state index is 11.9. The summed E-state index contributed by atoms with van der Waals surface area (Å²) in [6, 6.07) is 15.1. The fourth-order valence-corrected chi connectivity index (χ4v) is 2.25. The molecular formula is C14H9BrN2O. The highest BCUT2D eigenvalue weighted by molar-refractivity contribution is 9.10. The van der Waals surface area contributed by atoms with E-state index in [4.69, 9.17) is 0 Å². The van der Waals surface area contributed by atoms with Crippen LogP contribution in [-0.2, 0) is 4.79 Å². The number of nitrogens with one attached hydrogen (secondary N) is 1. The van der Waals surface area contributed by atoms with Crippen LogP contribution >= 0.6 is 15.9 Å². The van der Waals surface area contributed by atoms with Crippen molar-refractivity contribution in [3.63, 3.8) is 0 Å². The van der Waals surface area contributed by atoms with Gasteiger partial charge >= 0.3 is 0 Å². The highest BCUT2D eigenvalue weighted by Gasteiger charge is 2.25. The Morgan fingerprint density at radius 2 is 1.72 bits per heavy atom. The molecule has 1 heterocycles. The van der Waals surface area contributed by atoms with Crippen LogP contribution in [0.1, 0.15) is 5.56 Å².